The second-order valence-corrected chi connectivity index (χ2v) is 2.11. The Morgan fingerprint density at radius 3 is 2.11 bits per heavy atom. The van der Waals surface area contributed by atoms with Crippen molar-refractivity contribution >= 4 is 0 Å². The van der Waals surface area contributed by atoms with E-state index in [1.54, 1.807) is 20.9 Å². The van der Waals surface area contributed by atoms with Crippen LogP contribution in [0.4, 0.5) is 4.39 Å². The van der Waals surface area contributed by atoms with Gasteiger partial charge in [-0.3, -0.25) is 4.68 Å². The predicted octanol–water partition coefficient (Wildman–Crippen LogP) is 1.18. The molecule has 0 aliphatic rings. The van der Waals surface area contributed by atoms with Gasteiger partial charge in [-0.1, -0.05) is 0 Å². The van der Waals surface area contributed by atoms with Gasteiger partial charge >= 0.3 is 0 Å². The summed E-state index contributed by atoms with van der Waals surface area (Å²) in [7, 11) is 1.73. The van der Waals surface area contributed by atoms with Crippen molar-refractivity contribution < 1.29 is 4.39 Å². The predicted molar refractivity (Wildman–Crippen MR) is 32.6 cm³/mol. The van der Waals surface area contributed by atoms with Crippen LogP contribution < -0.4 is 0 Å². The Morgan fingerprint density at radius 1 is 1.44 bits per heavy atom. The summed E-state index contributed by atoms with van der Waals surface area (Å²) >= 11 is 0. The van der Waals surface area contributed by atoms with Crippen LogP contribution in [0.2, 0.25) is 0 Å². The number of aromatic nitrogens is 2. The van der Waals surface area contributed by atoms with Crippen molar-refractivity contribution in [2.24, 2.45) is 7.05 Å². The van der Waals surface area contributed by atoms with Gasteiger partial charge in [-0.2, -0.15) is 5.10 Å². The summed E-state index contributed by atoms with van der Waals surface area (Å²) in [5.74, 6) is -0.197. The third-order valence-electron chi connectivity index (χ3n) is 1.42. The molecular weight excluding hydrogens is 119 g/mol. The normalized spacial score (nSPS) is 10.2. The minimum atomic E-state index is -0.197. The smallest absolute Gasteiger partial charge is 0.166 e. The fourth-order valence-electron chi connectivity index (χ4n) is 0.748. The molecule has 0 saturated carbocycles. The van der Waals surface area contributed by atoms with Crippen molar-refractivity contribution in [2.45, 2.75) is 13.8 Å². The van der Waals surface area contributed by atoms with Crippen molar-refractivity contribution in [3.8, 4) is 0 Å². The molecule has 1 aromatic rings. The highest BCUT2D eigenvalue weighted by Gasteiger charge is 2.06. The van der Waals surface area contributed by atoms with Gasteiger partial charge in [0.1, 0.15) is 0 Å². The fourth-order valence-corrected chi connectivity index (χ4v) is 0.748. The highest BCUT2D eigenvalue weighted by molar-refractivity contribution is 5.09. The lowest BCUT2D eigenvalue weighted by atomic mass is 10.4. The van der Waals surface area contributed by atoms with E-state index >= 15 is 0 Å². The molecular formula is C6H9FN2. The topological polar surface area (TPSA) is 17.8 Å². The molecule has 0 aliphatic heterocycles. The average Bonchev–Trinajstić information content (AvgIpc) is 1.98. The minimum absolute atomic E-state index is 0.197. The molecule has 2 nitrogen and oxygen atoms in total. The Morgan fingerprint density at radius 2 is 2.00 bits per heavy atom. The molecule has 0 amide bonds. The largest absolute Gasteiger partial charge is 0.270 e. The monoisotopic (exact) mass is 128 g/mol. The minimum Gasteiger partial charge on any atom is -0.270 e. The molecule has 1 heterocycles. The summed E-state index contributed by atoms with van der Waals surface area (Å²) in [5.41, 5.74) is 1.06. The Labute approximate surface area is 53.3 Å². The third-order valence-corrected chi connectivity index (χ3v) is 1.42. The van der Waals surface area contributed by atoms with Crippen LogP contribution in [0.1, 0.15) is 11.4 Å². The highest BCUT2D eigenvalue weighted by Crippen LogP contribution is 2.07. The lowest BCUT2D eigenvalue weighted by Crippen LogP contribution is -1.92. The number of halogens is 1. The molecule has 0 atom stereocenters. The molecule has 9 heavy (non-hydrogen) atoms. The van der Waals surface area contributed by atoms with E-state index in [1.165, 1.54) is 4.68 Å². The van der Waals surface area contributed by atoms with Crippen LogP contribution in [0.25, 0.3) is 0 Å². The molecule has 50 valence electrons. The molecule has 0 aromatic carbocycles. The van der Waals surface area contributed by atoms with Gasteiger partial charge in [0, 0.05) is 7.05 Å². The molecule has 1 aromatic heterocycles. The number of rotatable bonds is 0. The first-order valence-corrected chi connectivity index (χ1v) is 2.78. The van der Waals surface area contributed by atoms with Crippen LogP contribution in [-0.4, -0.2) is 9.78 Å². The number of aryl methyl sites for hydroxylation is 2. The van der Waals surface area contributed by atoms with E-state index in [9.17, 15) is 4.39 Å². The first kappa shape index (κ1) is 6.26. The Bertz CT molecular complexity index is 205. The summed E-state index contributed by atoms with van der Waals surface area (Å²) in [6.07, 6.45) is 0. The van der Waals surface area contributed by atoms with Gasteiger partial charge in [-0.15, -0.1) is 0 Å². The maximum absolute atomic E-state index is 12.7. The van der Waals surface area contributed by atoms with E-state index in [0.29, 0.717) is 11.4 Å². The number of nitrogens with zero attached hydrogens (tertiary/aromatic N) is 2. The summed E-state index contributed by atoms with van der Waals surface area (Å²) in [5, 5.41) is 3.85. The number of hydrogen-bond donors (Lipinski definition) is 0. The van der Waals surface area contributed by atoms with E-state index in [0.717, 1.165) is 0 Å². The zero-order valence-electron chi connectivity index (χ0n) is 5.77. The van der Waals surface area contributed by atoms with Gasteiger partial charge in [0.2, 0.25) is 0 Å². The van der Waals surface area contributed by atoms with Gasteiger partial charge in [-0.05, 0) is 13.8 Å². The van der Waals surface area contributed by atoms with E-state index < -0.39 is 0 Å². The summed E-state index contributed by atoms with van der Waals surface area (Å²) in [6, 6.07) is 0. The molecule has 0 spiro atoms. The summed E-state index contributed by atoms with van der Waals surface area (Å²) in [6.45, 7) is 3.36. The first-order valence-electron chi connectivity index (χ1n) is 2.78. The lowest BCUT2D eigenvalue weighted by molar-refractivity contribution is 0.605. The van der Waals surface area contributed by atoms with Crippen molar-refractivity contribution in [2.75, 3.05) is 0 Å². The molecule has 0 N–H and O–H groups in total. The molecule has 0 bridgehead atoms. The maximum Gasteiger partial charge on any atom is 0.166 e. The zero-order valence-corrected chi connectivity index (χ0v) is 5.77. The lowest BCUT2D eigenvalue weighted by Gasteiger charge is -1.88. The van der Waals surface area contributed by atoms with Crippen molar-refractivity contribution in [1.82, 2.24) is 9.78 Å². The molecule has 0 saturated heterocycles. The third kappa shape index (κ3) is 0.823. The molecule has 0 fully saturated rings. The van der Waals surface area contributed by atoms with E-state index in [1.807, 2.05) is 0 Å². The second-order valence-electron chi connectivity index (χ2n) is 2.11. The van der Waals surface area contributed by atoms with Crippen LogP contribution >= 0.6 is 0 Å². The van der Waals surface area contributed by atoms with Crippen LogP contribution in [0.3, 0.4) is 0 Å². The quantitative estimate of drug-likeness (QED) is 0.513. The second kappa shape index (κ2) is 1.83. The van der Waals surface area contributed by atoms with Crippen LogP contribution in [0, 0.1) is 19.7 Å². The zero-order chi connectivity index (χ0) is 7.02. The fraction of sp³-hybridized carbons (Fsp3) is 0.500. The SMILES string of the molecule is Cc1nn(C)c(C)c1F. The van der Waals surface area contributed by atoms with Gasteiger partial charge in [0.05, 0.1) is 11.4 Å². The van der Waals surface area contributed by atoms with E-state index in [4.69, 9.17) is 0 Å². The average molecular weight is 128 g/mol. The van der Waals surface area contributed by atoms with Gasteiger partial charge < -0.3 is 0 Å². The van der Waals surface area contributed by atoms with Crippen molar-refractivity contribution in [1.29, 1.82) is 0 Å². The van der Waals surface area contributed by atoms with Crippen LogP contribution in [-0.2, 0) is 7.05 Å². The van der Waals surface area contributed by atoms with Gasteiger partial charge in [-0.25, -0.2) is 4.39 Å². The molecule has 1 rings (SSSR count). The van der Waals surface area contributed by atoms with Gasteiger partial charge in [0.25, 0.3) is 0 Å². The maximum atomic E-state index is 12.7. The standard InChI is InChI=1S/C6H9FN2/c1-4-6(7)5(2)9(3)8-4/h1-3H3. The first-order chi connectivity index (χ1) is 4.13. The Balaban J connectivity index is 3.29. The highest BCUT2D eigenvalue weighted by atomic mass is 19.1. The van der Waals surface area contributed by atoms with Crippen molar-refractivity contribution in [3.63, 3.8) is 0 Å². The Hall–Kier alpha value is -0.860. The molecule has 3 heteroatoms. The summed E-state index contributed by atoms with van der Waals surface area (Å²) in [4.78, 5) is 0. The number of hydrogen-bond acceptors (Lipinski definition) is 1. The van der Waals surface area contributed by atoms with Crippen LogP contribution in [0.15, 0.2) is 0 Å². The molecule has 0 unspecified atom stereocenters. The Kier molecular flexibility index (Phi) is 1.27. The van der Waals surface area contributed by atoms with E-state index in [-0.39, 0.29) is 5.82 Å². The molecule has 0 radical (unpaired) electrons. The van der Waals surface area contributed by atoms with Crippen LogP contribution in [0.5, 0.6) is 0 Å². The van der Waals surface area contributed by atoms with Gasteiger partial charge in [0.15, 0.2) is 5.82 Å². The molecule has 0 aliphatic carbocycles. The van der Waals surface area contributed by atoms with E-state index in [2.05, 4.69) is 5.10 Å². The van der Waals surface area contributed by atoms with Crippen molar-refractivity contribution in [3.05, 3.63) is 17.2 Å². The summed E-state index contributed by atoms with van der Waals surface area (Å²) < 4.78 is 14.2.